The quantitative estimate of drug-likeness (QED) is 0.624. The topological polar surface area (TPSA) is 93.9 Å². The summed E-state index contributed by atoms with van der Waals surface area (Å²) in [5.41, 5.74) is 0.692. The second-order valence-electron chi connectivity index (χ2n) is 6.21. The van der Waals surface area contributed by atoms with E-state index in [4.69, 9.17) is 5.26 Å². The van der Waals surface area contributed by atoms with Crippen molar-refractivity contribution in [3.63, 3.8) is 0 Å². The summed E-state index contributed by atoms with van der Waals surface area (Å²) in [7, 11) is 0. The molecule has 2 aromatic rings. The van der Waals surface area contributed by atoms with Gasteiger partial charge in [0.2, 0.25) is 5.95 Å². The van der Waals surface area contributed by atoms with Crippen LogP contribution in [-0.2, 0) is 4.79 Å². The van der Waals surface area contributed by atoms with Crippen LogP contribution in [0.15, 0.2) is 48.7 Å². The molecule has 1 aliphatic heterocycles. The summed E-state index contributed by atoms with van der Waals surface area (Å²) in [6.45, 7) is 4.36. The third kappa shape index (κ3) is 4.58. The lowest BCUT2D eigenvalue weighted by Crippen LogP contribution is -2.45. The van der Waals surface area contributed by atoms with Crippen LogP contribution in [0.2, 0.25) is 0 Å². The number of likely N-dealkylation sites (tertiary alicyclic amines) is 1. The Morgan fingerprint density at radius 3 is 2.89 bits per heavy atom. The molecule has 0 radical (unpaired) electrons. The van der Waals surface area contributed by atoms with E-state index in [0.29, 0.717) is 13.1 Å². The number of nitrogens with one attached hydrogen (secondary N) is 2. The minimum atomic E-state index is -0.571. The van der Waals surface area contributed by atoms with Crippen molar-refractivity contribution in [1.29, 1.82) is 5.26 Å². The van der Waals surface area contributed by atoms with Crippen molar-refractivity contribution in [1.82, 2.24) is 14.9 Å². The molecule has 1 fully saturated rings. The van der Waals surface area contributed by atoms with Crippen molar-refractivity contribution in [2.45, 2.75) is 18.9 Å². The Morgan fingerprint density at radius 1 is 1.37 bits per heavy atom. The van der Waals surface area contributed by atoms with Gasteiger partial charge >= 0.3 is 0 Å². The highest BCUT2D eigenvalue weighted by molar-refractivity contribution is 5.96. The van der Waals surface area contributed by atoms with Crippen LogP contribution in [0.25, 0.3) is 0 Å². The molecule has 3 rings (SSSR count). The summed E-state index contributed by atoms with van der Waals surface area (Å²) >= 11 is 0. The molecular formula is C19H19FN6O. The summed E-state index contributed by atoms with van der Waals surface area (Å²) in [5, 5.41) is 14.9. The number of carbonyl (C=O) groups is 1. The molecule has 2 N–H and O–H groups in total. The molecule has 1 atom stereocenters. The number of piperidine rings is 1. The Balaban J connectivity index is 1.69. The third-order valence-corrected chi connectivity index (χ3v) is 4.22. The molecule has 0 aliphatic carbocycles. The van der Waals surface area contributed by atoms with Crippen LogP contribution in [0.5, 0.6) is 0 Å². The van der Waals surface area contributed by atoms with Gasteiger partial charge in [0.25, 0.3) is 5.91 Å². The molecule has 0 spiro atoms. The summed E-state index contributed by atoms with van der Waals surface area (Å²) in [4.78, 5) is 21.8. The van der Waals surface area contributed by atoms with Crippen LogP contribution in [-0.4, -0.2) is 39.9 Å². The standard InChI is InChI=1S/C19H19FN6O/c1-13(10-21)18(27)26-9-5-8-15(12-26)23-17-16(20)11-22-19(25-17)24-14-6-3-2-4-7-14/h2-4,6-7,11,15H,1,5,8-9,12H2,(H2,22,23,24,25). The molecule has 0 bridgehead atoms. The van der Waals surface area contributed by atoms with Crippen LogP contribution in [0.1, 0.15) is 12.8 Å². The highest BCUT2D eigenvalue weighted by Crippen LogP contribution is 2.20. The van der Waals surface area contributed by atoms with Gasteiger partial charge in [-0.2, -0.15) is 10.2 Å². The highest BCUT2D eigenvalue weighted by atomic mass is 19.1. The number of para-hydroxylation sites is 1. The maximum Gasteiger partial charge on any atom is 0.263 e. The van der Waals surface area contributed by atoms with Gasteiger partial charge < -0.3 is 15.5 Å². The van der Waals surface area contributed by atoms with E-state index in [0.717, 1.165) is 24.7 Å². The minimum Gasteiger partial charge on any atom is -0.363 e. The zero-order valence-electron chi connectivity index (χ0n) is 14.7. The molecule has 1 amide bonds. The Hall–Kier alpha value is -3.47. The number of benzene rings is 1. The molecule has 1 saturated heterocycles. The number of aromatic nitrogens is 2. The van der Waals surface area contributed by atoms with E-state index in [9.17, 15) is 9.18 Å². The van der Waals surface area contributed by atoms with E-state index >= 15 is 0 Å². The lowest BCUT2D eigenvalue weighted by molar-refractivity contribution is -0.127. The zero-order chi connectivity index (χ0) is 19.2. The number of amides is 1. The van der Waals surface area contributed by atoms with Crippen molar-refractivity contribution >= 4 is 23.4 Å². The number of hydrogen-bond acceptors (Lipinski definition) is 6. The van der Waals surface area contributed by atoms with Gasteiger partial charge in [-0.15, -0.1) is 0 Å². The minimum absolute atomic E-state index is 0.0711. The Morgan fingerprint density at radius 2 is 2.15 bits per heavy atom. The second-order valence-corrected chi connectivity index (χ2v) is 6.21. The van der Waals surface area contributed by atoms with E-state index in [1.807, 2.05) is 30.3 Å². The van der Waals surface area contributed by atoms with Crippen LogP contribution >= 0.6 is 0 Å². The average Bonchev–Trinajstić information content (AvgIpc) is 2.70. The highest BCUT2D eigenvalue weighted by Gasteiger charge is 2.26. The zero-order valence-corrected chi connectivity index (χ0v) is 14.7. The lowest BCUT2D eigenvalue weighted by atomic mass is 10.0. The van der Waals surface area contributed by atoms with E-state index in [1.165, 1.54) is 0 Å². The normalized spacial score (nSPS) is 16.3. The molecular weight excluding hydrogens is 347 g/mol. The summed E-state index contributed by atoms with van der Waals surface area (Å²) < 4.78 is 14.1. The SMILES string of the molecule is C=C(C#N)C(=O)N1CCCC(Nc2nc(Nc3ccccc3)ncc2F)C1. The number of anilines is 3. The maximum absolute atomic E-state index is 14.1. The van der Waals surface area contributed by atoms with Crippen molar-refractivity contribution in [2.75, 3.05) is 23.7 Å². The van der Waals surface area contributed by atoms with Gasteiger partial charge in [-0.05, 0) is 25.0 Å². The van der Waals surface area contributed by atoms with Crippen LogP contribution in [0.3, 0.4) is 0 Å². The van der Waals surface area contributed by atoms with E-state index in [-0.39, 0.29) is 23.4 Å². The summed E-state index contributed by atoms with van der Waals surface area (Å²) in [6, 6.07) is 10.9. The molecule has 138 valence electrons. The van der Waals surface area contributed by atoms with Gasteiger partial charge in [0.1, 0.15) is 11.6 Å². The van der Waals surface area contributed by atoms with Crippen molar-refractivity contribution < 1.29 is 9.18 Å². The van der Waals surface area contributed by atoms with Gasteiger partial charge in [-0.3, -0.25) is 4.79 Å². The van der Waals surface area contributed by atoms with Gasteiger partial charge in [-0.25, -0.2) is 9.37 Å². The predicted octanol–water partition coefficient (Wildman–Crippen LogP) is 2.84. The van der Waals surface area contributed by atoms with Crippen LogP contribution in [0, 0.1) is 17.1 Å². The van der Waals surface area contributed by atoms with Crippen molar-refractivity contribution in [2.24, 2.45) is 0 Å². The maximum atomic E-state index is 14.1. The molecule has 2 heterocycles. The fourth-order valence-corrected chi connectivity index (χ4v) is 2.89. The summed E-state index contributed by atoms with van der Waals surface area (Å²) in [6.07, 6.45) is 2.60. The first-order chi connectivity index (χ1) is 13.1. The van der Waals surface area contributed by atoms with E-state index in [1.54, 1.807) is 11.0 Å². The fraction of sp³-hybridized carbons (Fsp3) is 0.263. The Labute approximate surface area is 156 Å². The predicted molar refractivity (Wildman–Crippen MR) is 99.7 cm³/mol. The molecule has 27 heavy (non-hydrogen) atoms. The molecule has 8 heteroatoms. The number of carbonyl (C=O) groups excluding carboxylic acids is 1. The molecule has 0 saturated carbocycles. The van der Waals surface area contributed by atoms with Gasteiger partial charge in [0.15, 0.2) is 11.6 Å². The largest absolute Gasteiger partial charge is 0.363 e. The van der Waals surface area contributed by atoms with E-state index in [2.05, 4.69) is 27.2 Å². The first-order valence-corrected chi connectivity index (χ1v) is 8.56. The average molecular weight is 366 g/mol. The fourth-order valence-electron chi connectivity index (χ4n) is 2.89. The molecule has 1 aromatic heterocycles. The first-order valence-electron chi connectivity index (χ1n) is 8.56. The smallest absolute Gasteiger partial charge is 0.263 e. The lowest BCUT2D eigenvalue weighted by Gasteiger charge is -2.33. The van der Waals surface area contributed by atoms with Gasteiger partial charge in [-0.1, -0.05) is 24.8 Å². The molecule has 1 aromatic carbocycles. The van der Waals surface area contributed by atoms with Crippen molar-refractivity contribution in [3.05, 3.63) is 54.5 Å². The second kappa shape index (κ2) is 8.27. The molecule has 7 nitrogen and oxygen atoms in total. The molecule has 1 aliphatic rings. The number of hydrogen-bond donors (Lipinski definition) is 2. The Kier molecular flexibility index (Phi) is 5.61. The van der Waals surface area contributed by atoms with Crippen molar-refractivity contribution in [3.8, 4) is 6.07 Å². The third-order valence-electron chi connectivity index (χ3n) is 4.22. The number of halogens is 1. The van der Waals surface area contributed by atoms with E-state index < -0.39 is 11.7 Å². The van der Waals surface area contributed by atoms with Crippen LogP contribution < -0.4 is 10.6 Å². The number of rotatable bonds is 5. The molecule has 1 unspecified atom stereocenters. The monoisotopic (exact) mass is 366 g/mol. The van der Waals surface area contributed by atoms with Gasteiger partial charge in [0, 0.05) is 24.8 Å². The Bertz CT molecular complexity index is 880. The summed E-state index contributed by atoms with van der Waals surface area (Å²) in [5.74, 6) is -0.620. The number of nitriles is 1. The first kappa shape index (κ1) is 18.3. The number of nitrogens with zero attached hydrogens (tertiary/aromatic N) is 4. The van der Waals surface area contributed by atoms with Gasteiger partial charge in [0.05, 0.1) is 6.20 Å². The van der Waals surface area contributed by atoms with Crippen LogP contribution in [0.4, 0.5) is 21.8 Å².